The molecule has 120 valence electrons. The molecular formula is C13H17N3O5S. The molecule has 1 aliphatic rings. The summed E-state index contributed by atoms with van der Waals surface area (Å²) in [6.45, 7) is -0.176. The molecule has 1 aliphatic heterocycles. The SMILES string of the molecule is Nc1ccc(CN2CC(=O)NS2(=O)=O)c(CCCC(=O)O)c1. The highest BCUT2D eigenvalue weighted by atomic mass is 32.2. The molecule has 0 radical (unpaired) electrons. The predicted octanol–water partition coefficient (Wildman–Crippen LogP) is -0.147. The van der Waals surface area contributed by atoms with Gasteiger partial charge in [0.2, 0.25) is 5.91 Å². The number of carbonyl (C=O) groups excluding carboxylic acids is 1. The number of amides is 1. The van der Waals surface area contributed by atoms with E-state index in [0.29, 0.717) is 24.1 Å². The summed E-state index contributed by atoms with van der Waals surface area (Å²) in [5.41, 5.74) is 7.74. The summed E-state index contributed by atoms with van der Waals surface area (Å²) in [7, 11) is -3.79. The van der Waals surface area contributed by atoms with Gasteiger partial charge in [0.25, 0.3) is 0 Å². The van der Waals surface area contributed by atoms with Crippen LogP contribution >= 0.6 is 0 Å². The molecule has 1 aromatic rings. The van der Waals surface area contributed by atoms with E-state index in [1.165, 1.54) is 0 Å². The standard InChI is InChI=1S/C13H17N3O5S/c14-11-5-4-10(9(6-11)2-1-3-13(18)19)7-16-8-12(17)15-22(16,20)21/h4-6H,1-3,7-8,14H2,(H,15,17)(H,18,19). The van der Waals surface area contributed by atoms with Crippen LogP contribution in [-0.4, -0.2) is 36.3 Å². The molecule has 8 nitrogen and oxygen atoms in total. The molecule has 2 rings (SSSR count). The Morgan fingerprint density at radius 1 is 1.36 bits per heavy atom. The zero-order valence-corrected chi connectivity index (χ0v) is 12.6. The number of nitrogen functional groups attached to an aromatic ring is 1. The van der Waals surface area contributed by atoms with Gasteiger partial charge < -0.3 is 10.8 Å². The third-order valence-corrected chi connectivity index (χ3v) is 4.74. The van der Waals surface area contributed by atoms with Crippen LogP contribution in [0.1, 0.15) is 24.0 Å². The zero-order valence-electron chi connectivity index (χ0n) is 11.8. The second-order valence-corrected chi connectivity index (χ2v) is 6.74. The summed E-state index contributed by atoms with van der Waals surface area (Å²) < 4.78 is 26.5. The predicted molar refractivity (Wildman–Crippen MR) is 78.9 cm³/mol. The largest absolute Gasteiger partial charge is 0.481 e. The van der Waals surface area contributed by atoms with Gasteiger partial charge in [-0.2, -0.15) is 12.7 Å². The molecule has 1 fully saturated rings. The number of rotatable bonds is 6. The van der Waals surface area contributed by atoms with Crippen molar-refractivity contribution in [2.75, 3.05) is 12.3 Å². The lowest BCUT2D eigenvalue weighted by Gasteiger charge is -2.16. The Kier molecular flexibility index (Phi) is 4.67. The van der Waals surface area contributed by atoms with Gasteiger partial charge in [0.05, 0.1) is 6.54 Å². The van der Waals surface area contributed by atoms with Gasteiger partial charge in [0.15, 0.2) is 0 Å². The van der Waals surface area contributed by atoms with E-state index in [0.717, 1.165) is 9.87 Å². The maximum Gasteiger partial charge on any atom is 0.304 e. The summed E-state index contributed by atoms with van der Waals surface area (Å²) in [5, 5.41) is 8.68. The van der Waals surface area contributed by atoms with Crippen molar-refractivity contribution in [3.8, 4) is 0 Å². The van der Waals surface area contributed by atoms with Crippen molar-refractivity contribution in [1.82, 2.24) is 9.03 Å². The highest BCUT2D eigenvalue weighted by Gasteiger charge is 2.33. The first-order valence-corrected chi connectivity index (χ1v) is 8.12. The molecule has 0 aliphatic carbocycles. The van der Waals surface area contributed by atoms with Crippen LogP contribution in [0.15, 0.2) is 18.2 Å². The van der Waals surface area contributed by atoms with E-state index in [1.807, 2.05) is 4.72 Å². The van der Waals surface area contributed by atoms with Crippen molar-refractivity contribution in [2.24, 2.45) is 0 Å². The topological polar surface area (TPSA) is 130 Å². The third kappa shape index (κ3) is 3.95. The van der Waals surface area contributed by atoms with Crippen molar-refractivity contribution in [1.29, 1.82) is 0 Å². The lowest BCUT2D eigenvalue weighted by atomic mass is 10.0. The van der Waals surface area contributed by atoms with Crippen LogP contribution in [0.25, 0.3) is 0 Å². The van der Waals surface area contributed by atoms with Gasteiger partial charge in [0.1, 0.15) is 0 Å². The monoisotopic (exact) mass is 327 g/mol. The Balaban J connectivity index is 2.16. The smallest absolute Gasteiger partial charge is 0.304 e. The van der Waals surface area contributed by atoms with Gasteiger partial charge >= 0.3 is 16.2 Å². The third-order valence-electron chi connectivity index (χ3n) is 3.32. The Bertz CT molecular complexity index is 702. The first-order chi connectivity index (χ1) is 10.3. The number of carboxylic acids is 1. The summed E-state index contributed by atoms with van der Waals surface area (Å²) in [5.74, 6) is -1.45. The van der Waals surface area contributed by atoms with Crippen LogP contribution in [0.3, 0.4) is 0 Å². The van der Waals surface area contributed by atoms with E-state index in [2.05, 4.69) is 0 Å². The van der Waals surface area contributed by atoms with Crippen LogP contribution in [0, 0.1) is 0 Å². The van der Waals surface area contributed by atoms with Crippen LogP contribution in [0.5, 0.6) is 0 Å². The first kappa shape index (κ1) is 16.2. The zero-order chi connectivity index (χ0) is 16.3. The molecule has 0 spiro atoms. The molecule has 1 heterocycles. The molecule has 9 heteroatoms. The Morgan fingerprint density at radius 2 is 2.09 bits per heavy atom. The van der Waals surface area contributed by atoms with Gasteiger partial charge in [-0.05, 0) is 36.1 Å². The minimum atomic E-state index is -3.79. The van der Waals surface area contributed by atoms with E-state index in [4.69, 9.17) is 10.8 Å². The van der Waals surface area contributed by atoms with Crippen LogP contribution in [0.2, 0.25) is 0 Å². The number of hydrogen-bond acceptors (Lipinski definition) is 5. The van der Waals surface area contributed by atoms with Crippen molar-refractivity contribution < 1.29 is 23.1 Å². The minimum absolute atomic E-state index is 0.0241. The number of benzene rings is 1. The van der Waals surface area contributed by atoms with Crippen molar-refractivity contribution in [3.05, 3.63) is 29.3 Å². The van der Waals surface area contributed by atoms with Crippen LogP contribution in [-0.2, 0) is 32.8 Å². The lowest BCUT2D eigenvalue weighted by Crippen LogP contribution is -2.29. The Labute approximate surface area is 128 Å². The van der Waals surface area contributed by atoms with Gasteiger partial charge in [-0.3, -0.25) is 9.59 Å². The van der Waals surface area contributed by atoms with E-state index in [9.17, 15) is 18.0 Å². The number of carboxylic acid groups (broad SMARTS) is 1. The number of aryl methyl sites for hydroxylation is 1. The van der Waals surface area contributed by atoms with Crippen molar-refractivity contribution in [2.45, 2.75) is 25.8 Å². The van der Waals surface area contributed by atoms with Crippen molar-refractivity contribution >= 4 is 27.8 Å². The van der Waals surface area contributed by atoms with Gasteiger partial charge in [-0.15, -0.1) is 0 Å². The Hall–Kier alpha value is -2.13. The lowest BCUT2D eigenvalue weighted by molar-refractivity contribution is -0.137. The molecule has 0 saturated carbocycles. The molecule has 0 unspecified atom stereocenters. The average molecular weight is 327 g/mol. The van der Waals surface area contributed by atoms with Gasteiger partial charge in [-0.25, -0.2) is 4.72 Å². The van der Waals surface area contributed by atoms with Crippen LogP contribution in [0.4, 0.5) is 5.69 Å². The van der Waals surface area contributed by atoms with Crippen LogP contribution < -0.4 is 10.5 Å². The number of hydrogen-bond donors (Lipinski definition) is 3. The van der Waals surface area contributed by atoms with E-state index in [-0.39, 0.29) is 19.5 Å². The molecule has 0 aromatic heterocycles. The van der Waals surface area contributed by atoms with Gasteiger partial charge in [0, 0.05) is 18.7 Å². The van der Waals surface area contributed by atoms with Crippen molar-refractivity contribution in [3.63, 3.8) is 0 Å². The molecule has 1 saturated heterocycles. The summed E-state index contributed by atoms with van der Waals surface area (Å²) in [6, 6.07) is 5.05. The number of anilines is 1. The number of nitrogens with two attached hydrogens (primary N) is 1. The number of nitrogens with zero attached hydrogens (tertiary/aromatic N) is 1. The van der Waals surface area contributed by atoms with E-state index < -0.39 is 22.1 Å². The maximum atomic E-state index is 11.7. The molecule has 0 atom stereocenters. The highest BCUT2D eigenvalue weighted by molar-refractivity contribution is 7.88. The normalized spacial score (nSPS) is 17.4. The second-order valence-electron chi connectivity index (χ2n) is 5.07. The fourth-order valence-corrected chi connectivity index (χ4v) is 3.36. The number of aliphatic carboxylic acids is 1. The fourth-order valence-electron chi connectivity index (χ4n) is 2.28. The van der Waals surface area contributed by atoms with E-state index in [1.54, 1.807) is 18.2 Å². The summed E-state index contributed by atoms with van der Waals surface area (Å²) in [4.78, 5) is 21.8. The molecule has 0 bridgehead atoms. The van der Waals surface area contributed by atoms with E-state index >= 15 is 0 Å². The highest BCUT2D eigenvalue weighted by Crippen LogP contribution is 2.20. The maximum absolute atomic E-state index is 11.7. The quantitative estimate of drug-likeness (QED) is 0.623. The summed E-state index contributed by atoms with van der Waals surface area (Å²) in [6.07, 6.45) is 0.925. The molecule has 1 amide bonds. The molecular weight excluding hydrogens is 310 g/mol. The number of carbonyl (C=O) groups is 2. The Morgan fingerprint density at radius 3 is 2.68 bits per heavy atom. The molecule has 4 N–H and O–H groups in total. The fraction of sp³-hybridized carbons (Fsp3) is 0.385. The van der Waals surface area contributed by atoms with Gasteiger partial charge in [-0.1, -0.05) is 6.07 Å². The molecule has 22 heavy (non-hydrogen) atoms. The first-order valence-electron chi connectivity index (χ1n) is 6.68. The second kappa shape index (κ2) is 6.32. The summed E-state index contributed by atoms with van der Waals surface area (Å²) >= 11 is 0. The minimum Gasteiger partial charge on any atom is -0.481 e. The number of nitrogens with one attached hydrogen (secondary N) is 1. The molecule has 1 aromatic carbocycles. The average Bonchev–Trinajstić information content (AvgIpc) is 2.64.